The average molecular weight is 358 g/mol. The van der Waals surface area contributed by atoms with Gasteiger partial charge in [-0.15, -0.1) is 0 Å². The summed E-state index contributed by atoms with van der Waals surface area (Å²) >= 11 is 3.17. The highest BCUT2D eigenvalue weighted by molar-refractivity contribution is 9.10. The van der Waals surface area contributed by atoms with Gasteiger partial charge in [0.2, 0.25) is 0 Å². The van der Waals surface area contributed by atoms with Crippen LogP contribution in [0.2, 0.25) is 0 Å². The highest BCUT2D eigenvalue weighted by Crippen LogP contribution is 2.25. The summed E-state index contributed by atoms with van der Waals surface area (Å²) in [6.07, 6.45) is 0. The van der Waals surface area contributed by atoms with Crippen LogP contribution in [-0.2, 0) is 15.6 Å². The molecule has 20 heavy (non-hydrogen) atoms. The first kappa shape index (κ1) is 15.0. The van der Waals surface area contributed by atoms with Gasteiger partial charge in [0.1, 0.15) is 5.82 Å². The summed E-state index contributed by atoms with van der Waals surface area (Å²) in [6, 6.07) is 8.54. The lowest BCUT2D eigenvalue weighted by Gasteiger charge is -2.08. The van der Waals surface area contributed by atoms with Gasteiger partial charge in [0.25, 0.3) is 0 Å². The first-order valence-corrected chi connectivity index (χ1v) is 8.27. The van der Waals surface area contributed by atoms with E-state index >= 15 is 0 Å². The monoisotopic (exact) mass is 357 g/mol. The molecule has 2 N–H and O–H groups in total. The van der Waals surface area contributed by atoms with Crippen molar-refractivity contribution in [1.29, 1.82) is 0 Å². The van der Waals surface area contributed by atoms with Crippen LogP contribution in [-0.4, -0.2) is 8.42 Å². The second-order valence-corrected chi connectivity index (χ2v) is 7.36. The maximum atomic E-state index is 13.0. The van der Waals surface area contributed by atoms with Crippen LogP contribution >= 0.6 is 15.9 Å². The maximum Gasteiger partial charge on any atom is 0.182 e. The molecule has 2 rings (SSSR count). The van der Waals surface area contributed by atoms with Gasteiger partial charge >= 0.3 is 0 Å². The lowest BCUT2D eigenvalue weighted by Crippen LogP contribution is -2.06. The van der Waals surface area contributed by atoms with Gasteiger partial charge in [0.15, 0.2) is 9.84 Å². The molecule has 0 radical (unpaired) electrons. The fourth-order valence-electron chi connectivity index (χ4n) is 1.77. The van der Waals surface area contributed by atoms with Crippen LogP contribution in [0.1, 0.15) is 11.1 Å². The van der Waals surface area contributed by atoms with Gasteiger partial charge in [-0.3, -0.25) is 0 Å². The quantitative estimate of drug-likeness (QED) is 0.855. The van der Waals surface area contributed by atoms with E-state index in [0.717, 1.165) is 0 Å². The highest BCUT2D eigenvalue weighted by Gasteiger charge is 2.17. The number of aryl methyl sites for hydroxylation is 1. The zero-order chi connectivity index (χ0) is 14.9. The summed E-state index contributed by atoms with van der Waals surface area (Å²) < 4.78 is 38.1. The minimum atomic E-state index is -3.50. The molecule has 0 aliphatic heterocycles. The molecule has 0 aromatic heterocycles. The summed E-state index contributed by atoms with van der Waals surface area (Å²) in [5.74, 6) is -0.613. The topological polar surface area (TPSA) is 60.2 Å². The van der Waals surface area contributed by atoms with Crippen molar-refractivity contribution < 1.29 is 12.8 Å². The SMILES string of the molecule is Cc1cc(S(=O)(=O)Cc2ccc(F)cc2Br)ccc1N. The molecule has 3 nitrogen and oxygen atoms in total. The first-order valence-electron chi connectivity index (χ1n) is 5.82. The molecular formula is C14H13BrFNO2S. The van der Waals surface area contributed by atoms with Crippen molar-refractivity contribution in [3.8, 4) is 0 Å². The van der Waals surface area contributed by atoms with Crippen molar-refractivity contribution in [2.75, 3.05) is 5.73 Å². The van der Waals surface area contributed by atoms with E-state index in [0.29, 0.717) is 21.3 Å². The van der Waals surface area contributed by atoms with Gasteiger partial charge < -0.3 is 5.73 Å². The molecule has 0 bridgehead atoms. The maximum absolute atomic E-state index is 13.0. The summed E-state index contributed by atoms with van der Waals surface area (Å²) in [5.41, 5.74) is 7.46. The Morgan fingerprint density at radius 2 is 1.90 bits per heavy atom. The lowest BCUT2D eigenvalue weighted by atomic mass is 10.2. The van der Waals surface area contributed by atoms with E-state index in [2.05, 4.69) is 15.9 Å². The zero-order valence-corrected chi connectivity index (χ0v) is 13.1. The van der Waals surface area contributed by atoms with Crippen LogP contribution in [0.3, 0.4) is 0 Å². The molecule has 2 aromatic rings. The minimum absolute atomic E-state index is 0.197. The second-order valence-electron chi connectivity index (χ2n) is 4.51. The molecule has 0 atom stereocenters. The van der Waals surface area contributed by atoms with Gasteiger partial charge in [-0.2, -0.15) is 0 Å². The molecule has 0 amide bonds. The number of halogens is 2. The van der Waals surface area contributed by atoms with Crippen molar-refractivity contribution in [1.82, 2.24) is 0 Å². The molecule has 106 valence electrons. The molecule has 0 spiro atoms. The fourth-order valence-corrected chi connectivity index (χ4v) is 3.90. The van der Waals surface area contributed by atoms with Gasteiger partial charge in [-0.05, 0) is 48.4 Å². The van der Waals surface area contributed by atoms with Crippen LogP contribution in [0.4, 0.5) is 10.1 Å². The van der Waals surface area contributed by atoms with Crippen LogP contribution in [0.15, 0.2) is 45.8 Å². The molecular weight excluding hydrogens is 345 g/mol. The Morgan fingerprint density at radius 3 is 2.50 bits per heavy atom. The number of benzene rings is 2. The van der Waals surface area contributed by atoms with Crippen LogP contribution in [0.5, 0.6) is 0 Å². The number of sulfone groups is 1. The van der Waals surface area contributed by atoms with Crippen molar-refractivity contribution in [3.63, 3.8) is 0 Å². The number of nitrogens with two attached hydrogens (primary N) is 1. The van der Waals surface area contributed by atoms with Crippen LogP contribution < -0.4 is 5.73 Å². The summed E-state index contributed by atoms with van der Waals surface area (Å²) in [7, 11) is -3.50. The summed E-state index contributed by atoms with van der Waals surface area (Å²) in [4.78, 5) is 0.209. The molecule has 0 saturated carbocycles. The predicted octanol–water partition coefficient (Wildman–Crippen LogP) is 3.45. The molecule has 0 unspecified atom stereocenters. The fraction of sp³-hybridized carbons (Fsp3) is 0.143. The van der Waals surface area contributed by atoms with Crippen molar-refractivity contribution in [2.24, 2.45) is 0 Å². The Morgan fingerprint density at radius 1 is 1.20 bits per heavy atom. The first-order chi connectivity index (χ1) is 9.29. The van der Waals surface area contributed by atoms with E-state index in [9.17, 15) is 12.8 Å². The molecule has 0 aliphatic carbocycles. The Balaban J connectivity index is 2.38. The van der Waals surface area contributed by atoms with E-state index in [1.165, 1.54) is 24.3 Å². The zero-order valence-electron chi connectivity index (χ0n) is 10.7. The third-order valence-corrected chi connectivity index (χ3v) is 5.36. The number of anilines is 1. The van der Waals surface area contributed by atoms with E-state index in [-0.39, 0.29) is 10.6 Å². The van der Waals surface area contributed by atoms with Gasteiger partial charge in [-0.1, -0.05) is 22.0 Å². The number of rotatable bonds is 3. The molecule has 0 saturated heterocycles. The van der Waals surface area contributed by atoms with Gasteiger partial charge in [0.05, 0.1) is 10.6 Å². The smallest absolute Gasteiger partial charge is 0.182 e. The second kappa shape index (κ2) is 5.54. The number of nitrogen functional groups attached to an aromatic ring is 1. The van der Waals surface area contributed by atoms with Crippen molar-refractivity contribution in [2.45, 2.75) is 17.6 Å². The standard InChI is InChI=1S/C14H13BrFNO2S/c1-9-6-12(4-5-14(9)17)20(18,19)8-10-2-3-11(16)7-13(10)15/h2-7H,8,17H2,1H3. The normalized spacial score (nSPS) is 11.6. The van der Waals surface area contributed by atoms with Gasteiger partial charge in [0, 0.05) is 10.2 Å². The molecule has 0 heterocycles. The number of hydrogen-bond acceptors (Lipinski definition) is 3. The van der Waals surface area contributed by atoms with E-state index in [4.69, 9.17) is 5.73 Å². The largest absolute Gasteiger partial charge is 0.399 e. The minimum Gasteiger partial charge on any atom is -0.399 e. The van der Waals surface area contributed by atoms with Crippen LogP contribution in [0, 0.1) is 12.7 Å². The Labute approximate surface area is 125 Å². The lowest BCUT2D eigenvalue weighted by molar-refractivity contribution is 0.594. The van der Waals surface area contributed by atoms with Crippen molar-refractivity contribution in [3.05, 3.63) is 57.8 Å². The summed E-state index contributed by atoms with van der Waals surface area (Å²) in [6.45, 7) is 1.75. The van der Waals surface area contributed by atoms with Crippen molar-refractivity contribution >= 4 is 31.5 Å². The highest BCUT2D eigenvalue weighted by atomic mass is 79.9. The van der Waals surface area contributed by atoms with E-state index in [1.54, 1.807) is 19.1 Å². The molecule has 2 aromatic carbocycles. The third-order valence-electron chi connectivity index (χ3n) is 2.96. The Hall–Kier alpha value is -1.40. The van der Waals surface area contributed by atoms with Crippen LogP contribution in [0.25, 0.3) is 0 Å². The molecule has 0 aliphatic rings. The molecule has 6 heteroatoms. The number of hydrogen-bond donors (Lipinski definition) is 1. The van der Waals surface area contributed by atoms with E-state index in [1.807, 2.05) is 0 Å². The van der Waals surface area contributed by atoms with E-state index < -0.39 is 15.7 Å². The summed E-state index contributed by atoms with van der Waals surface area (Å²) in [5, 5.41) is 0. The molecule has 0 fully saturated rings. The predicted molar refractivity (Wildman–Crippen MR) is 80.6 cm³/mol. The Kier molecular flexibility index (Phi) is 4.15. The third kappa shape index (κ3) is 3.19. The Bertz CT molecular complexity index is 760. The average Bonchev–Trinajstić information content (AvgIpc) is 2.36. The van der Waals surface area contributed by atoms with Gasteiger partial charge in [-0.25, -0.2) is 12.8 Å².